The summed E-state index contributed by atoms with van der Waals surface area (Å²) in [5, 5.41) is 5.30. The first-order chi connectivity index (χ1) is 10.4. The third-order valence-corrected chi connectivity index (χ3v) is 4.12. The zero-order valence-electron chi connectivity index (χ0n) is 11.1. The Morgan fingerprint density at radius 3 is 2.41 bits per heavy atom. The molecule has 3 rings (SSSR count). The van der Waals surface area contributed by atoms with Gasteiger partial charge >= 0.3 is 0 Å². The van der Waals surface area contributed by atoms with Gasteiger partial charge in [0, 0.05) is 0 Å². The first-order valence-corrected chi connectivity index (χ1v) is 7.71. The number of hydrogen-bond donors (Lipinski definition) is 2. The second kappa shape index (κ2) is 5.00. The van der Waals surface area contributed by atoms with Crippen molar-refractivity contribution in [3.05, 3.63) is 58.9 Å². The molecule has 0 bridgehead atoms. The minimum absolute atomic E-state index is 0.00267. The molecule has 112 valence electrons. The number of H-pyrrole nitrogens is 1. The molecule has 0 aliphatic heterocycles. The molecule has 0 amide bonds. The van der Waals surface area contributed by atoms with Gasteiger partial charge in [0.2, 0.25) is 10.0 Å². The van der Waals surface area contributed by atoms with Crippen LogP contribution < -0.4 is 10.7 Å². The quantitative estimate of drug-likeness (QED) is 0.744. The Balaban J connectivity index is 2.41. The third kappa shape index (κ3) is 2.49. The second-order valence-electron chi connectivity index (χ2n) is 4.65. The molecule has 0 aliphatic rings. The summed E-state index contributed by atoms with van der Waals surface area (Å²) < 4.78 is 36.5. The molecule has 0 saturated heterocycles. The number of aromatic amines is 1. The molecule has 0 aliphatic carbocycles. The highest BCUT2D eigenvalue weighted by atomic mass is 32.2. The van der Waals surface area contributed by atoms with E-state index in [2.05, 4.69) is 9.97 Å². The summed E-state index contributed by atoms with van der Waals surface area (Å²) in [6, 6.07) is 8.25. The molecule has 22 heavy (non-hydrogen) atoms. The molecule has 0 saturated carbocycles. The van der Waals surface area contributed by atoms with Crippen LogP contribution in [0.2, 0.25) is 0 Å². The minimum Gasteiger partial charge on any atom is -0.313 e. The van der Waals surface area contributed by atoms with Gasteiger partial charge in [0.05, 0.1) is 17.2 Å². The molecule has 2 aromatic carbocycles. The number of aromatic nitrogens is 2. The zero-order chi connectivity index (χ0) is 15.9. The van der Waals surface area contributed by atoms with Crippen molar-refractivity contribution in [2.75, 3.05) is 0 Å². The van der Waals surface area contributed by atoms with Gasteiger partial charge < -0.3 is 4.98 Å². The van der Waals surface area contributed by atoms with E-state index in [1.54, 1.807) is 0 Å². The standard InChI is InChI=1S/C14H10FN3O3S/c15-10-3-1-8(2-4-10)9-5-11-13(17-7-18-14(11)19)12(6-9)22(16,20)21/h1-7H,(H2,16,20,21)(H,17,18,19). The van der Waals surface area contributed by atoms with E-state index in [0.29, 0.717) is 11.1 Å². The van der Waals surface area contributed by atoms with Crippen molar-refractivity contribution < 1.29 is 12.8 Å². The van der Waals surface area contributed by atoms with Crippen LogP contribution in [-0.4, -0.2) is 18.4 Å². The number of nitrogens with one attached hydrogen (secondary N) is 1. The van der Waals surface area contributed by atoms with Crippen molar-refractivity contribution in [2.24, 2.45) is 5.14 Å². The van der Waals surface area contributed by atoms with E-state index in [-0.39, 0.29) is 15.8 Å². The predicted octanol–water partition coefficient (Wildman–Crippen LogP) is 1.38. The molecule has 6 nitrogen and oxygen atoms in total. The van der Waals surface area contributed by atoms with Crippen LogP contribution in [0.1, 0.15) is 0 Å². The molecule has 0 unspecified atom stereocenters. The normalized spacial score (nSPS) is 11.7. The monoisotopic (exact) mass is 319 g/mol. The van der Waals surface area contributed by atoms with E-state index in [4.69, 9.17) is 5.14 Å². The summed E-state index contributed by atoms with van der Waals surface area (Å²) in [7, 11) is -4.07. The van der Waals surface area contributed by atoms with Crippen LogP contribution in [0, 0.1) is 5.82 Å². The van der Waals surface area contributed by atoms with Gasteiger partial charge in [-0.25, -0.2) is 22.9 Å². The van der Waals surface area contributed by atoms with Crippen LogP contribution in [0.5, 0.6) is 0 Å². The molecule has 0 fully saturated rings. The van der Waals surface area contributed by atoms with Crippen LogP contribution in [0.4, 0.5) is 4.39 Å². The number of fused-ring (bicyclic) bond motifs is 1. The van der Waals surface area contributed by atoms with Gasteiger partial charge in [0.1, 0.15) is 10.7 Å². The third-order valence-electron chi connectivity index (χ3n) is 3.19. The van der Waals surface area contributed by atoms with Gasteiger partial charge in [-0.1, -0.05) is 12.1 Å². The summed E-state index contributed by atoms with van der Waals surface area (Å²) in [6.07, 6.45) is 1.11. The molecule has 3 aromatic rings. The van der Waals surface area contributed by atoms with Crippen molar-refractivity contribution >= 4 is 20.9 Å². The van der Waals surface area contributed by atoms with Crippen molar-refractivity contribution in [2.45, 2.75) is 4.90 Å². The lowest BCUT2D eigenvalue weighted by molar-refractivity contribution is 0.598. The number of primary sulfonamides is 1. The number of nitrogens with two attached hydrogens (primary N) is 1. The molecular weight excluding hydrogens is 309 g/mol. The number of benzene rings is 2. The fourth-order valence-corrected chi connectivity index (χ4v) is 2.90. The zero-order valence-corrected chi connectivity index (χ0v) is 11.9. The first kappa shape index (κ1) is 14.4. The number of sulfonamides is 1. The molecule has 3 N–H and O–H groups in total. The fraction of sp³-hybridized carbons (Fsp3) is 0. The smallest absolute Gasteiger partial charge is 0.258 e. The lowest BCUT2D eigenvalue weighted by Crippen LogP contribution is -2.15. The topological polar surface area (TPSA) is 106 Å². The Kier molecular flexibility index (Phi) is 3.27. The maximum Gasteiger partial charge on any atom is 0.258 e. The first-order valence-electron chi connectivity index (χ1n) is 6.16. The van der Waals surface area contributed by atoms with Crippen LogP contribution in [0.25, 0.3) is 22.0 Å². The second-order valence-corrected chi connectivity index (χ2v) is 6.18. The molecule has 1 aromatic heterocycles. The molecule has 0 spiro atoms. The summed E-state index contributed by atoms with van der Waals surface area (Å²) in [4.78, 5) is 17.9. The van der Waals surface area contributed by atoms with Gasteiger partial charge in [-0.15, -0.1) is 0 Å². The van der Waals surface area contributed by atoms with Gasteiger partial charge in [-0.2, -0.15) is 0 Å². The SMILES string of the molecule is NS(=O)(=O)c1cc(-c2ccc(F)cc2)cc2c(=O)[nH]cnc12. The van der Waals surface area contributed by atoms with Gasteiger partial charge in [0.15, 0.2) is 0 Å². The highest BCUT2D eigenvalue weighted by Gasteiger charge is 2.17. The Labute approximate surface area is 124 Å². The Morgan fingerprint density at radius 1 is 1.09 bits per heavy atom. The Bertz CT molecular complexity index is 1030. The summed E-state index contributed by atoms with van der Waals surface area (Å²) >= 11 is 0. The molecule has 0 atom stereocenters. The van der Waals surface area contributed by atoms with Gasteiger partial charge in [-0.3, -0.25) is 4.79 Å². The highest BCUT2D eigenvalue weighted by molar-refractivity contribution is 7.89. The van der Waals surface area contributed by atoms with Crippen molar-refractivity contribution in [1.29, 1.82) is 0 Å². The predicted molar refractivity (Wildman–Crippen MR) is 79.1 cm³/mol. The molecule has 0 radical (unpaired) electrons. The Hall–Kier alpha value is -2.58. The lowest BCUT2D eigenvalue weighted by Gasteiger charge is -2.08. The number of halogens is 1. The average Bonchev–Trinajstić information content (AvgIpc) is 2.46. The van der Waals surface area contributed by atoms with E-state index in [9.17, 15) is 17.6 Å². The fourth-order valence-electron chi connectivity index (χ4n) is 2.17. The van der Waals surface area contributed by atoms with E-state index in [1.165, 1.54) is 36.4 Å². The number of rotatable bonds is 2. The van der Waals surface area contributed by atoms with Crippen LogP contribution in [0.15, 0.2) is 52.4 Å². The lowest BCUT2D eigenvalue weighted by atomic mass is 10.0. The maximum atomic E-state index is 13.0. The van der Waals surface area contributed by atoms with E-state index in [0.717, 1.165) is 6.33 Å². The van der Waals surface area contributed by atoms with E-state index >= 15 is 0 Å². The molecular formula is C14H10FN3O3S. The van der Waals surface area contributed by atoms with Gasteiger partial charge in [-0.05, 0) is 35.4 Å². The van der Waals surface area contributed by atoms with Crippen molar-refractivity contribution in [3.8, 4) is 11.1 Å². The van der Waals surface area contributed by atoms with E-state index in [1.807, 2.05) is 0 Å². The van der Waals surface area contributed by atoms with Crippen LogP contribution >= 0.6 is 0 Å². The summed E-state index contributed by atoms with van der Waals surface area (Å²) in [5.41, 5.74) is 0.488. The molecule has 8 heteroatoms. The highest BCUT2D eigenvalue weighted by Crippen LogP contribution is 2.27. The minimum atomic E-state index is -4.07. The van der Waals surface area contributed by atoms with Crippen LogP contribution in [-0.2, 0) is 10.0 Å². The Morgan fingerprint density at radius 2 is 1.77 bits per heavy atom. The van der Waals surface area contributed by atoms with Crippen molar-refractivity contribution in [1.82, 2.24) is 9.97 Å². The van der Waals surface area contributed by atoms with Crippen LogP contribution in [0.3, 0.4) is 0 Å². The average molecular weight is 319 g/mol. The largest absolute Gasteiger partial charge is 0.313 e. The van der Waals surface area contributed by atoms with Gasteiger partial charge in [0.25, 0.3) is 5.56 Å². The van der Waals surface area contributed by atoms with E-state index < -0.39 is 21.4 Å². The maximum absolute atomic E-state index is 13.0. The molecule has 1 heterocycles. The summed E-state index contributed by atoms with van der Waals surface area (Å²) in [6.45, 7) is 0. The number of nitrogens with zero attached hydrogens (tertiary/aromatic N) is 1. The summed E-state index contributed by atoms with van der Waals surface area (Å²) in [5.74, 6) is -0.421. The number of hydrogen-bond acceptors (Lipinski definition) is 4. The van der Waals surface area contributed by atoms with Crippen molar-refractivity contribution in [3.63, 3.8) is 0 Å².